The van der Waals surface area contributed by atoms with E-state index in [9.17, 15) is 19.4 Å². The smallest absolute Gasteiger partial charge is 0.328 e. The maximum Gasteiger partial charge on any atom is 0.328 e. The summed E-state index contributed by atoms with van der Waals surface area (Å²) >= 11 is 4.83. The van der Waals surface area contributed by atoms with E-state index in [1.807, 2.05) is 0 Å². The lowest BCUT2D eigenvalue weighted by Crippen LogP contribution is -2.42. The summed E-state index contributed by atoms with van der Waals surface area (Å²) in [5.74, 6) is -3.04. The van der Waals surface area contributed by atoms with Crippen LogP contribution in [-0.2, 0) is 4.74 Å². The number of nitrogens with one attached hydrogen (secondary N) is 1. The maximum atomic E-state index is 14.0. The average Bonchev–Trinajstić information content (AvgIpc) is 2.56. The zero-order chi connectivity index (χ0) is 15.3. The van der Waals surface area contributed by atoms with Crippen LogP contribution in [0.1, 0.15) is 13.1 Å². The topological polar surface area (TPSA) is 108 Å². The van der Waals surface area contributed by atoms with Gasteiger partial charge in [-0.1, -0.05) is 12.2 Å². The molecule has 2 rings (SSSR count). The standard InChI is InChI=1S/C10H13FN2O5S/c1-4-2-13(9(17)12-7(4)19)8-5(15)6(16)10(11,3-14)18-8/h2,5-6,8,14-16H,3H2,1H3,(H,12,17,19)/t5-,6+,8-,10-/m1/s1/i8D. The van der Waals surface area contributed by atoms with E-state index in [0.29, 0.717) is 10.1 Å². The second kappa shape index (κ2) is 4.76. The van der Waals surface area contributed by atoms with Crippen LogP contribution in [0.25, 0.3) is 0 Å². The van der Waals surface area contributed by atoms with Gasteiger partial charge < -0.3 is 20.1 Å². The van der Waals surface area contributed by atoms with Crippen molar-refractivity contribution in [3.8, 4) is 0 Å². The Hall–Kier alpha value is -1.13. The van der Waals surface area contributed by atoms with Crippen LogP contribution in [-0.4, -0.2) is 49.5 Å². The Morgan fingerprint density at radius 2 is 2.37 bits per heavy atom. The largest absolute Gasteiger partial charge is 0.390 e. The van der Waals surface area contributed by atoms with Crippen LogP contribution < -0.4 is 5.69 Å². The van der Waals surface area contributed by atoms with Crippen LogP contribution in [0.2, 0.25) is 0 Å². The third-order valence-electron chi connectivity index (χ3n) is 2.84. The number of rotatable bonds is 2. The number of aliphatic hydroxyl groups is 3. The summed E-state index contributed by atoms with van der Waals surface area (Å²) < 4.78 is 27.3. The molecule has 19 heavy (non-hydrogen) atoms. The van der Waals surface area contributed by atoms with Gasteiger partial charge in [0.25, 0.3) is 5.85 Å². The molecule has 7 nitrogen and oxygen atoms in total. The highest BCUT2D eigenvalue weighted by atomic mass is 32.1. The lowest BCUT2D eigenvalue weighted by molar-refractivity contribution is -0.207. The Balaban J connectivity index is 2.60. The van der Waals surface area contributed by atoms with Crippen molar-refractivity contribution in [1.82, 2.24) is 9.55 Å². The molecule has 1 aromatic rings. The highest BCUT2D eigenvalue weighted by Crippen LogP contribution is 2.37. The molecule has 106 valence electrons. The van der Waals surface area contributed by atoms with Gasteiger partial charge in [0, 0.05) is 11.8 Å². The molecule has 0 amide bonds. The molecule has 0 bridgehead atoms. The SMILES string of the molecule is [2H][C@@]1(n2cc(C)c(=S)[nH]c2=O)O[C@](F)(CO)[C@@H](O)[C@H]1O. The normalized spacial score (nSPS) is 39.3. The molecule has 0 aromatic carbocycles. The lowest BCUT2D eigenvalue weighted by atomic mass is 10.1. The number of aryl methyl sites for hydroxylation is 1. The second-order valence-electron chi connectivity index (χ2n) is 4.22. The number of aromatic amines is 1. The fourth-order valence-corrected chi connectivity index (χ4v) is 1.85. The first-order valence-electron chi connectivity index (χ1n) is 5.85. The monoisotopic (exact) mass is 293 g/mol. The number of hydrogen-bond donors (Lipinski definition) is 4. The van der Waals surface area contributed by atoms with Gasteiger partial charge in [0.2, 0.25) is 0 Å². The summed E-state index contributed by atoms with van der Waals surface area (Å²) in [6.07, 6.45) is -5.78. The number of H-pyrrole nitrogens is 1. The van der Waals surface area contributed by atoms with Gasteiger partial charge >= 0.3 is 5.69 Å². The molecule has 1 fully saturated rings. The first-order valence-corrected chi connectivity index (χ1v) is 5.75. The van der Waals surface area contributed by atoms with E-state index in [4.69, 9.17) is 18.7 Å². The summed E-state index contributed by atoms with van der Waals surface area (Å²) in [6.45, 7) is 0.257. The first-order chi connectivity index (χ1) is 9.15. The van der Waals surface area contributed by atoms with Crippen molar-refractivity contribution in [2.45, 2.75) is 31.2 Å². The molecule has 0 aliphatic carbocycles. The second-order valence-corrected chi connectivity index (χ2v) is 4.62. The van der Waals surface area contributed by atoms with Gasteiger partial charge in [0.1, 0.15) is 23.5 Å². The van der Waals surface area contributed by atoms with Crippen LogP contribution in [0.3, 0.4) is 0 Å². The molecule has 9 heteroatoms. The van der Waals surface area contributed by atoms with Crippen LogP contribution >= 0.6 is 12.2 Å². The van der Waals surface area contributed by atoms with Crippen LogP contribution in [0.15, 0.2) is 11.0 Å². The number of nitrogens with zero attached hydrogens (tertiary/aromatic N) is 1. The molecule has 0 spiro atoms. The van der Waals surface area contributed by atoms with Crippen molar-refractivity contribution in [1.29, 1.82) is 0 Å². The van der Waals surface area contributed by atoms with Crippen molar-refractivity contribution in [3.05, 3.63) is 26.9 Å². The Morgan fingerprint density at radius 3 is 2.89 bits per heavy atom. The summed E-state index contributed by atoms with van der Waals surface area (Å²) in [5, 5.41) is 28.3. The number of aliphatic hydroxyl groups excluding tert-OH is 3. The Morgan fingerprint density at radius 1 is 1.74 bits per heavy atom. The van der Waals surface area contributed by atoms with E-state index >= 15 is 0 Å². The molecule has 0 saturated carbocycles. The minimum atomic E-state index is -3.04. The lowest BCUT2D eigenvalue weighted by Gasteiger charge is -2.20. The molecule has 1 saturated heterocycles. The summed E-state index contributed by atoms with van der Waals surface area (Å²) in [6, 6.07) is 0. The van der Waals surface area contributed by atoms with Crippen molar-refractivity contribution in [3.63, 3.8) is 0 Å². The van der Waals surface area contributed by atoms with Crippen molar-refractivity contribution < 1.29 is 25.8 Å². The molecule has 1 aliphatic rings. The summed E-state index contributed by atoms with van der Waals surface area (Å²) in [4.78, 5) is 14.0. The third kappa shape index (κ3) is 2.23. The Labute approximate surface area is 113 Å². The van der Waals surface area contributed by atoms with E-state index < -0.39 is 36.6 Å². The predicted octanol–water partition coefficient (Wildman–Crippen LogP) is -0.877. The van der Waals surface area contributed by atoms with Crippen molar-refractivity contribution in [2.24, 2.45) is 0 Å². The molecule has 4 atom stereocenters. The number of aromatic nitrogens is 2. The average molecular weight is 293 g/mol. The number of alkyl halides is 1. The van der Waals surface area contributed by atoms with Crippen molar-refractivity contribution in [2.75, 3.05) is 6.61 Å². The highest BCUT2D eigenvalue weighted by Gasteiger charge is 2.55. The van der Waals surface area contributed by atoms with Crippen molar-refractivity contribution >= 4 is 12.2 Å². The van der Waals surface area contributed by atoms with Gasteiger partial charge in [-0.05, 0) is 6.92 Å². The quantitative estimate of drug-likeness (QED) is 0.528. The number of ether oxygens (including phenoxy) is 1. The van der Waals surface area contributed by atoms with E-state index in [1.54, 1.807) is 0 Å². The van der Waals surface area contributed by atoms with E-state index in [1.165, 1.54) is 6.92 Å². The van der Waals surface area contributed by atoms with E-state index in [-0.39, 0.29) is 4.64 Å². The van der Waals surface area contributed by atoms with Gasteiger partial charge in [-0.25, -0.2) is 9.18 Å². The Bertz CT molecular complexity index is 651. The number of hydrogen-bond acceptors (Lipinski definition) is 6. The summed E-state index contributed by atoms with van der Waals surface area (Å²) in [5.41, 5.74) is -0.527. The predicted molar refractivity (Wildman–Crippen MR) is 63.7 cm³/mol. The molecular formula is C10H13FN2O5S. The molecule has 1 aliphatic heterocycles. The van der Waals surface area contributed by atoms with Gasteiger partial charge in [0.05, 0.1) is 1.37 Å². The Kier molecular flexibility index (Phi) is 3.23. The fourth-order valence-electron chi connectivity index (χ4n) is 1.71. The first kappa shape index (κ1) is 12.9. The van der Waals surface area contributed by atoms with Crippen LogP contribution in [0.5, 0.6) is 0 Å². The molecular weight excluding hydrogens is 279 g/mol. The van der Waals surface area contributed by atoms with Gasteiger partial charge in [-0.3, -0.25) is 9.55 Å². The zero-order valence-corrected chi connectivity index (χ0v) is 10.6. The van der Waals surface area contributed by atoms with Gasteiger partial charge in [-0.15, -0.1) is 0 Å². The minimum absolute atomic E-state index is 0.122. The third-order valence-corrected chi connectivity index (χ3v) is 3.27. The molecule has 4 N–H and O–H groups in total. The van der Waals surface area contributed by atoms with Gasteiger partial charge in [0.15, 0.2) is 6.20 Å². The molecule has 1 aromatic heterocycles. The molecule has 0 unspecified atom stereocenters. The number of halogens is 1. The highest BCUT2D eigenvalue weighted by molar-refractivity contribution is 7.71. The zero-order valence-electron chi connectivity index (χ0n) is 10.8. The van der Waals surface area contributed by atoms with Crippen LogP contribution in [0.4, 0.5) is 4.39 Å². The van der Waals surface area contributed by atoms with Gasteiger partial charge in [-0.2, -0.15) is 0 Å². The maximum absolute atomic E-state index is 14.0. The fraction of sp³-hybridized carbons (Fsp3) is 0.600. The van der Waals surface area contributed by atoms with E-state index in [0.717, 1.165) is 6.20 Å². The molecule has 2 heterocycles. The van der Waals surface area contributed by atoms with Crippen LogP contribution in [0, 0.1) is 11.6 Å². The minimum Gasteiger partial charge on any atom is -0.390 e. The molecule has 0 radical (unpaired) electrons. The summed E-state index contributed by atoms with van der Waals surface area (Å²) in [7, 11) is 0. The van der Waals surface area contributed by atoms with E-state index in [2.05, 4.69) is 9.72 Å².